The zero-order chi connectivity index (χ0) is 9.84. The first-order valence-electron chi connectivity index (χ1n) is 5.08. The van der Waals surface area contributed by atoms with Gasteiger partial charge in [0.25, 0.3) is 0 Å². The Hall–Kier alpha value is -0.520. The van der Waals surface area contributed by atoms with Crippen molar-refractivity contribution in [2.24, 2.45) is 5.73 Å². The lowest BCUT2D eigenvalue weighted by atomic mass is 9.90. The summed E-state index contributed by atoms with van der Waals surface area (Å²) in [5.74, 6) is 2.77. The lowest BCUT2D eigenvalue weighted by molar-refractivity contribution is 0.165. The predicted molar refractivity (Wildman–Crippen MR) is 56.3 cm³/mol. The molecule has 0 spiro atoms. The second-order valence-corrected chi connectivity index (χ2v) is 4.08. The molecule has 74 valence electrons. The molecule has 1 rings (SSSR count). The lowest BCUT2D eigenvalue weighted by Crippen LogP contribution is -2.42. The molecule has 1 saturated carbocycles. The Morgan fingerprint density at radius 1 is 1.38 bits per heavy atom. The Kier molecular flexibility index (Phi) is 3.77. The minimum absolute atomic E-state index is 0.249. The molecule has 2 nitrogen and oxygen atoms in total. The molecule has 1 aliphatic rings. The van der Waals surface area contributed by atoms with Crippen LogP contribution in [0.15, 0.2) is 0 Å². The fraction of sp³-hybridized carbons (Fsp3) is 0.818. The molecule has 1 aliphatic carbocycles. The van der Waals surface area contributed by atoms with E-state index in [4.69, 9.17) is 12.2 Å². The lowest BCUT2D eigenvalue weighted by Gasteiger charge is -2.35. The predicted octanol–water partition coefficient (Wildman–Crippen LogP) is 1.21. The summed E-state index contributed by atoms with van der Waals surface area (Å²) >= 11 is 0. The maximum absolute atomic E-state index is 5.85. The molecular formula is C11H20N2. The van der Waals surface area contributed by atoms with Crippen LogP contribution in [0.25, 0.3) is 0 Å². The van der Waals surface area contributed by atoms with E-state index in [0.717, 1.165) is 12.8 Å². The van der Waals surface area contributed by atoms with E-state index in [-0.39, 0.29) is 6.04 Å². The van der Waals surface area contributed by atoms with E-state index >= 15 is 0 Å². The van der Waals surface area contributed by atoms with Gasteiger partial charge in [-0.1, -0.05) is 5.92 Å². The second-order valence-electron chi connectivity index (χ2n) is 4.08. The molecule has 13 heavy (non-hydrogen) atoms. The van der Waals surface area contributed by atoms with E-state index in [1.165, 1.54) is 12.8 Å². The molecule has 1 unspecified atom stereocenters. The third-order valence-electron chi connectivity index (χ3n) is 3.17. The van der Waals surface area contributed by atoms with Crippen LogP contribution >= 0.6 is 0 Å². The molecule has 0 aromatic heterocycles. The van der Waals surface area contributed by atoms with Crippen LogP contribution in [0.2, 0.25) is 0 Å². The Labute approximate surface area is 81.5 Å². The molecule has 2 N–H and O–H groups in total. The fourth-order valence-corrected chi connectivity index (χ4v) is 1.94. The first-order chi connectivity index (χ1) is 6.15. The number of hydrogen-bond donors (Lipinski definition) is 1. The number of hydrogen-bond acceptors (Lipinski definition) is 2. The van der Waals surface area contributed by atoms with E-state index in [2.05, 4.69) is 24.8 Å². The van der Waals surface area contributed by atoms with Crippen molar-refractivity contribution < 1.29 is 0 Å². The van der Waals surface area contributed by atoms with Crippen LogP contribution in [0, 0.1) is 12.3 Å². The zero-order valence-corrected chi connectivity index (χ0v) is 8.66. The van der Waals surface area contributed by atoms with Crippen molar-refractivity contribution >= 4 is 0 Å². The van der Waals surface area contributed by atoms with Crippen molar-refractivity contribution in [2.45, 2.75) is 50.7 Å². The van der Waals surface area contributed by atoms with Gasteiger partial charge in [-0.15, -0.1) is 6.42 Å². The molecule has 0 aliphatic heterocycles. The standard InChI is InChI=1S/C11H20N2/c1-4-9(2)13(3)11-7-5-10(12)6-8-11/h1,9-11H,5-8,12H2,2-3H3. The Morgan fingerprint density at radius 3 is 2.38 bits per heavy atom. The molecular weight excluding hydrogens is 160 g/mol. The average Bonchev–Trinajstić information content (AvgIpc) is 2.17. The van der Waals surface area contributed by atoms with Crippen LogP contribution in [-0.4, -0.2) is 30.1 Å². The van der Waals surface area contributed by atoms with Crippen molar-refractivity contribution in [1.29, 1.82) is 0 Å². The highest BCUT2D eigenvalue weighted by atomic mass is 15.1. The smallest absolute Gasteiger partial charge is 0.0683 e. The summed E-state index contributed by atoms with van der Waals surface area (Å²) in [5, 5.41) is 0. The Morgan fingerprint density at radius 2 is 1.92 bits per heavy atom. The summed E-state index contributed by atoms with van der Waals surface area (Å²) in [5.41, 5.74) is 5.85. The number of rotatable bonds is 2. The first kappa shape index (κ1) is 10.6. The van der Waals surface area contributed by atoms with Crippen molar-refractivity contribution in [3.63, 3.8) is 0 Å². The van der Waals surface area contributed by atoms with Gasteiger partial charge in [0.05, 0.1) is 6.04 Å². The van der Waals surface area contributed by atoms with Gasteiger partial charge >= 0.3 is 0 Å². The third kappa shape index (κ3) is 2.72. The van der Waals surface area contributed by atoms with Gasteiger partial charge in [0.15, 0.2) is 0 Å². The quantitative estimate of drug-likeness (QED) is 0.647. The van der Waals surface area contributed by atoms with Gasteiger partial charge in [-0.05, 0) is 39.7 Å². The summed E-state index contributed by atoms with van der Waals surface area (Å²) in [6.07, 6.45) is 10.1. The maximum Gasteiger partial charge on any atom is 0.0683 e. The zero-order valence-electron chi connectivity index (χ0n) is 8.66. The van der Waals surface area contributed by atoms with E-state index in [1.54, 1.807) is 0 Å². The number of terminal acetylenes is 1. The van der Waals surface area contributed by atoms with Gasteiger partial charge in [-0.2, -0.15) is 0 Å². The van der Waals surface area contributed by atoms with E-state index in [0.29, 0.717) is 12.1 Å². The molecule has 2 heteroatoms. The topological polar surface area (TPSA) is 29.3 Å². The highest BCUT2D eigenvalue weighted by Gasteiger charge is 2.23. The van der Waals surface area contributed by atoms with E-state index in [1.807, 2.05) is 0 Å². The Balaban J connectivity index is 2.40. The molecule has 0 saturated heterocycles. The molecule has 1 atom stereocenters. The Bertz CT molecular complexity index is 187. The van der Waals surface area contributed by atoms with Gasteiger partial charge in [0.2, 0.25) is 0 Å². The molecule has 0 amide bonds. The fourth-order valence-electron chi connectivity index (χ4n) is 1.94. The summed E-state index contributed by atoms with van der Waals surface area (Å²) in [7, 11) is 2.12. The van der Waals surface area contributed by atoms with Crippen LogP contribution < -0.4 is 5.73 Å². The highest BCUT2D eigenvalue weighted by Crippen LogP contribution is 2.22. The molecule has 0 bridgehead atoms. The average molecular weight is 180 g/mol. The van der Waals surface area contributed by atoms with Crippen LogP contribution in [0.5, 0.6) is 0 Å². The van der Waals surface area contributed by atoms with Crippen LogP contribution in [-0.2, 0) is 0 Å². The molecule has 0 aromatic rings. The highest BCUT2D eigenvalue weighted by molar-refractivity contribution is 4.98. The van der Waals surface area contributed by atoms with Crippen LogP contribution in [0.1, 0.15) is 32.6 Å². The van der Waals surface area contributed by atoms with Gasteiger partial charge in [-0.25, -0.2) is 0 Å². The van der Waals surface area contributed by atoms with Gasteiger partial charge in [-0.3, -0.25) is 4.90 Å². The van der Waals surface area contributed by atoms with E-state index < -0.39 is 0 Å². The molecule has 0 aromatic carbocycles. The minimum atomic E-state index is 0.249. The second kappa shape index (κ2) is 4.64. The van der Waals surface area contributed by atoms with Gasteiger partial charge in [0, 0.05) is 12.1 Å². The van der Waals surface area contributed by atoms with Crippen LogP contribution in [0.3, 0.4) is 0 Å². The maximum atomic E-state index is 5.85. The summed E-state index contributed by atoms with van der Waals surface area (Å²) in [4.78, 5) is 2.30. The minimum Gasteiger partial charge on any atom is -0.328 e. The number of nitrogens with zero attached hydrogens (tertiary/aromatic N) is 1. The van der Waals surface area contributed by atoms with Crippen molar-refractivity contribution in [2.75, 3.05) is 7.05 Å². The number of nitrogens with two attached hydrogens (primary N) is 1. The summed E-state index contributed by atoms with van der Waals surface area (Å²) in [6.45, 7) is 2.08. The van der Waals surface area contributed by atoms with Crippen molar-refractivity contribution in [3.05, 3.63) is 0 Å². The van der Waals surface area contributed by atoms with Crippen LogP contribution in [0.4, 0.5) is 0 Å². The van der Waals surface area contributed by atoms with Crippen molar-refractivity contribution in [3.8, 4) is 12.3 Å². The molecule has 0 radical (unpaired) electrons. The van der Waals surface area contributed by atoms with Gasteiger partial charge < -0.3 is 5.73 Å². The summed E-state index contributed by atoms with van der Waals surface area (Å²) < 4.78 is 0. The monoisotopic (exact) mass is 180 g/mol. The largest absolute Gasteiger partial charge is 0.328 e. The molecule has 0 heterocycles. The third-order valence-corrected chi connectivity index (χ3v) is 3.17. The normalized spacial score (nSPS) is 31.3. The molecule has 1 fully saturated rings. The van der Waals surface area contributed by atoms with Crippen molar-refractivity contribution in [1.82, 2.24) is 4.90 Å². The summed E-state index contributed by atoms with van der Waals surface area (Å²) in [6, 6.07) is 1.32. The van der Waals surface area contributed by atoms with E-state index in [9.17, 15) is 0 Å². The van der Waals surface area contributed by atoms with Gasteiger partial charge in [0.1, 0.15) is 0 Å². The SMILES string of the molecule is C#CC(C)N(C)C1CCC(N)CC1. The first-order valence-corrected chi connectivity index (χ1v) is 5.08.